The van der Waals surface area contributed by atoms with Crippen LogP contribution in [0.1, 0.15) is 77.6 Å². The van der Waals surface area contributed by atoms with Crippen LogP contribution in [-0.2, 0) is 0 Å². The van der Waals surface area contributed by atoms with E-state index in [9.17, 15) is 4.89 Å². The molecule has 0 radical (unpaired) electrons. The molecule has 1 N–H and O–H groups in total. The molecule has 0 aromatic carbocycles. The van der Waals surface area contributed by atoms with Gasteiger partial charge < -0.3 is 9.38 Å². The third kappa shape index (κ3) is 16.6. The molecule has 134 valence electrons. The van der Waals surface area contributed by atoms with E-state index in [1.807, 2.05) is 6.66 Å². The number of hydrogen-bond acceptors (Lipinski definition) is 1. The third-order valence-corrected chi connectivity index (χ3v) is 5.80. The molecule has 3 heteroatoms. The smallest absolute Gasteiger partial charge is 0.0786 e. The summed E-state index contributed by atoms with van der Waals surface area (Å²) in [4.78, 5) is 9.77. The molecular formula is C19H43NOP+. The normalized spacial score (nSPS) is 15.0. The molecule has 0 aliphatic heterocycles. The zero-order valence-corrected chi connectivity index (χ0v) is 16.8. The summed E-state index contributed by atoms with van der Waals surface area (Å²) >= 11 is 0. The fourth-order valence-electron chi connectivity index (χ4n) is 2.98. The van der Waals surface area contributed by atoms with Crippen LogP contribution in [0.3, 0.4) is 0 Å². The van der Waals surface area contributed by atoms with E-state index in [1.165, 1.54) is 77.3 Å². The van der Waals surface area contributed by atoms with E-state index in [0.717, 1.165) is 17.1 Å². The topological polar surface area (TPSA) is 20.2 Å². The van der Waals surface area contributed by atoms with Crippen molar-refractivity contribution in [2.75, 3.05) is 40.0 Å². The molecule has 2 nitrogen and oxygen atoms in total. The standard InChI is InChI=1S/C19H43NOP/c1-6-7-8-9-10-11-12-13-14-15-17-20(2,3)18-16-19-22(4,5)21/h21H,4,6-19H2,1-3,5H3/q+1. The van der Waals surface area contributed by atoms with Crippen LogP contribution in [-0.4, -0.2) is 55.7 Å². The predicted molar refractivity (Wildman–Crippen MR) is 105 cm³/mol. The fourth-order valence-corrected chi connectivity index (χ4v) is 3.80. The van der Waals surface area contributed by atoms with Gasteiger partial charge in [0.1, 0.15) is 0 Å². The summed E-state index contributed by atoms with van der Waals surface area (Å²) in [6.07, 6.45) is 20.0. The van der Waals surface area contributed by atoms with Gasteiger partial charge in [0.2, 0.25) is 0 Å². The Hall–Kier alpha value is 0.220. The summed E-state index contributed by atoms with van der Waals surface area (Å²) in [5.74, 6) is 0. The highest BCUT2D eigenvalue weighted by atomic mass is 31.2. The van der Waals surface area contributed by atoms with E-state index in [2.05, 4.69) is 27.3 Å². The lowest BCUT2D eigenvalue weighted by molar-refractivity contribution is -0.890. The molecule has 0 saturated heterocycles. The third-order valence-electron chi connectivity index (χ3n) is 4.52. The van der Waals surface area contributed by atoms with Crippen LogP contribution >= 0.6 is 7.11 Å². The highest BCUT2D eigenvalue weighted by molar-refractivity contribution is 7.67. The Kier molecular flexibility index (Phi) is 12.7. The number of quaternary nitrogens is 1. The molecule has 0 bridgehead atoms. The van der Waals surface area contributed by atoms with E-state index in [0.29, 0.717) is 0 Å². The molecule has 0 fully saturated rings. The predicted octanol–water partition coefficient (Wildman–Crippen LogP) is 5.36. The highest BCUT2D eigenvalue weighted by Crippen LogP contribution is 2.35. The molecule has 0 spiro atoms. The maximum absolute atomic E-state index is 9.77. The molecular weight excluding hydrogens is 289 g/mol. The van der Waals surface area contributed by atoms with Crippen molar-refractivity contribution in [1.29, 1.82) is 0 Å². The first-order chi connectivity index (χ1) is 10.3. The van der Waals surface area contributed by atoms with E-state index in [4.69, 9.17) is 0 Å². The van der Waals surface area contributed by atoms with Gasteiger partial charge in [0.15, 0.2) is 0 Å². The van der Waals surface area contributed by atoms with Gasteiger partial charge in [-0.3, -0.25) is 0 Å². The molecule has 0 aliphatic carbocycles. The summed E-state index contributed by atoms with van der Waals surface area (Å²) in [5, 5.41) is 0. The second-order valence-corrected chi connectivity index (χ2v) is 11.1. The Bertz CT molecular complexity index is 296. The van der Waals surface area contributed by atoms with Crippen LogP contribution in [0, 0.1) is 0 Å². The maximum atomic E-state index is 9.77. The van der Waals surface area contributed by atoms with Gasteiger partial charge in [-0.1, -0.05) is 64.6 Å². The van der Waals surface area contributed by atoms with Crippen LogP contribution < -0.4 is 0 Å². The second kappa shape index (κ2) is 12.6. The van der Waals surface area contributed by atoms with Crippen molar-refractivity contribution in [2.24, 2.45) is 0 Å². The summed E-state index contributed by atoms with van der Waals surface area (Å²) in [6, 6.07) is 0. The molecule has 0 heterocycles. The Balaban J connectivity index is 3.43. The SMILES string of the molecule is C=P(C)(O)CCC[N+](C)(C)CCCCCCCCCCCC. The van der Waals surface area contributed by atoms with E-state index in [1.54, 1.807) is 0 Å². The lowest BCUT2D eigenvalue weighted by atomic mass is 10.1. The zero-order valence-electron chi connectivity index (χ0n) is 15.9. The zero-order chi connectivity index (χ0) is 16.9. The van der Waals surface area contributed by atoms with Gasteiger partial charge in [-0.2, -0.15) is 0 Å². The minimum atomic E-state index is -1.82. The van der Waals surface area contributed by atoms with Gasteiger partial charge in [0, 0.05) is 6.42 Å². The van der Waals surface area contributed by atoms with Gasteiger partial charge in [-0.15, -0.1) is 0 Å². The first-order valence-electron chi connectivity index (χ1n) is 9.51. The average molecular weight is 333 g/mol. The fraction of sp³-hybridized carbons (Fsp3) is 0.947. The van der Waals surface area contributed by atoms with Gasteiger partial charge in [0.25, 0.3) is 0 Å². The molecule has 0 aromatic rings. The van der Waals surface area contributed by atoms with Crippen molar-refractivity contribution in [3.8, 4) is 0 Å². The van der Waals surface area contributed by atoms with Crippen LogP contribution in [0.25, 0.3) is 0 Å². The van der Waals surface area contributed by atoms with Crippen LogP contribution in [0.5, 0.6) is 0 Å². The van der Waals surface area contributed by atoms with Gasteiger partial charge in [0.05, 0.1) is 27.2 Å². The molecule has 0 amide bonds. The molecule has 0 aliphatic rings. The van der Waals surface area contributed by atoms with Gasteiger partial charge in [-0.05, 0) is 32.8 Å². The maximum Gasteiger partial charge on any atom is 0.0786 e. The van der Waals surface area contributed by atoms with Crippen molar-refractivity contribution in [3.05, 3.63) is 0 Å². The molecule has 1 unspecified atom stereocenters. The molecule has 1 atom stereocenters. The summed E-state index contributed by atoms with van der Waals surface area (Å²) < 4.78 is 1.09. The van der Waals surface area contributed by atoms with Crippen molar-refractivity contribution in [3.63, 3.8) is 0 Å². The largest absolute Gasteiger partial charge is 0.377 e. The summed E-state index contributed by atoms with van der Waals surface area (Å²) in [5.41, 5.74) is 0. The van der Waals surface area contributed by atoms with Crippen LogP contribution in [0.2, 0.25) is 0 Å². The van der Waals surface area contributed by atoms with E-state index < -0.39 is 7.11 Å². The molecule has 0 aromatic heterocycles. The molecule has 0 rings (SSSR count). The Morgan fingerprint density at radius 3 is 1.64 bits per heavy atom. The van der Waals surface area contributed by atoms with Gasteiger partial charge >= 0.3 is 0 Å². The number of hydrogen-bond donors (Lipinski definition) is 1. The Labute approximate surface area is 141 Å². The van der Waals surface area contributed by atoms with Crippen molar-refractivity contribution >= 4 is 13.4 Å². The Morgan fingerprint density at radius 2 is 1.18 bits per heavy atom. The summed E-state index contributed by atoms with van der Waals surface area (Å²) in [7, 11) is 2.83. The minimum Gasteiger partial charge on any atom is -0.377 e. The monoisotopic (exact) mass is 332 g/mol. The number of nitrogens with zero attached hydrogens (tertiary/aromatic N) is 1. The Morgan fingerprint density at radius 1 is 0.773 bits per heavy atom. The van der Waals surface area contributed by atoms with Gasteiger partial charge in [-0.25, -0.2) is 0 Å². The summed E-state index contributed by atoms with van der Waals surface area (Å²) in [6.45, 7) is 6.63. The lowest BCUT2D eigenvalue weighted by Gasteiger charge is -2.30. The minimum absolute atomic E-state index is 0.909. The first kappa shape index (κ1) is 22.2. The lowest BCUT2D eigenvalue weighted by Crippen LogP contribution is -2.41. The van der Waals surface area contributed by atoms with Crippen molar-refractivity contribution in [1.82, 2.24) is 0 Å². The van der Waals surface area contributed by atoms with E-state index >= 15 is 0 Å². The average Bonchev–Trinajstić information content (AvgIpc) is 2.39. The number of unbranched alkanes of at least 4 members (excludes halogenated alkanes) is 9. The van der Waals surface area contributed by atoms with Crippen molar-refractivity contribution in [2.45, 2.75) is 77.6 Å². The molecule has 22 heavy (non-hydrogen) atoms. The van der Waals surface area contributed by atoms with Crippen LogP contribution in [0.15, 0.2) is 0 Å². The van der Waals surface area contributed by atoms with Crippen LogP contribution in [0.4, 0.5) is 0 Å². The first-order valence-corrected chi connectivity index (χ1v) is 12.1. The van der Waals surface area contributed by atoms with E-state index in [-0.39, 0.29) is 0 Å². The number of rotatable bonds is 15. The van der Waals surface area contributed by atoms with Crippen molar-refractivity contribution < 1.29 is 9.38 Å². The second-order valence-electron chi connectivity index (χ2n) is 7.98. The highest BCUT2D eigenvalue weighted by Gasteiger charge is 2.15. The molecule has 0 saturated carbocycles. The quantitative estimate of drug-likeness (QED) is 0.243.